The van der Waals surface area contributed by atoms with Crippen molar-refractivity contribution in [3.8, 4) is 0 Å². The van der Waals surface area contributed by atoms with Gasteiger partial charge in [-0.1, -0.05) is 29.7 Å². The normalized spacial score (nSPS) is 7.50. The van der Waals surface area contributed by atoms with Gasteiger partial charge >= 0.3 is 29.6 Å². The Labute approximate surface area is 73.0 Å². The molecule has 0 aromatic heterocycles. The Morgan fingerprint density at radius 2 is 1.75 bits per heavy atom. The maximum absolute atomic E-state index is 2.93. The molecular weight excluding hydrogens is 106 g/mol. The summed E-state index contributed by atoms with van der Waals surface area (Å²) in [6.07, 6.45) is 0. The number of hydrogen-bond acceptors (Lipinski definition) is 0. The van der Waals surface area contributed by atoms with Crippen LogP contribution in [0, 0.1) is 6.07 Å². The molecule has 0 bridgehead atoms. The number of rotatable bonds is 0. The van der Waals surface area contributed by atoms with E-state index in [1.165, 1.54) is 5.46 Å². The Balaban J connectivity index is 0.000000490. The van der Waals surface area contributed by atoms with Crippen LogP contribution in [0.3, 0.4) is 0 Å². The topological polar surface area (TPSA) is 0 Å². The maximum atomic E-state index is 2.93. The number of benzene rings is 1. The first-order valence-electron chi connectivity index (χ1n) is 2.32. The van der Waals surface area contributed by atoms with E-state index in [2.05, 4.69) is 13.9 Å². The molecule has 0 aliphatic carbocycles. The third kappa shape index (κ3) is 2.56. The molecule has 1 aromatic rings. The molecule has 8 heavy (non-hydrogen) atoms. The fourth-order valence-corrected chi connectivity index (χ4v) is 0.470. The molecule has 0 unspecified atom stereocenters. The first-order chi connectivity index (χ1) is 3.39. The van der Waals surface area contributed by atoms with Gasteiger partial charge in [0.1, 0.15) is 7.85 Å². The minimum absolute atomic E-state index is 0. The SMILES string of the molecule is Bc1cc[c]cc1.[NaH]. The Morgan fingerprint density at radius 1 is 1.25 bits per heavy atom. The molecule has 0 aliphatic heterocycles. The van der Waals surface area contributed by atoms with E-state index in [0.717, 1.165) is 0 Å². The molecule has 0 spiro atoms. The van der Waals surface area contributed by atoms with Crippen LogP contribution in [0.2, 0.25) is 0 Å². The quantitative estimate of drug-likeness (QED) is 0.382. The summed E-state index contributed by atoms with van der Waals surface area (Å²) in [4.78, 5) is 0. The van der Waals surface area contributed by atoms with Gasteiger partial charge < -0.3 is 0 Å². The predicted octanol–water partition coefficient (Wildman–Crippen LogP) is -0.903. The second-order valence-electron chi connectivity index (χ2n) is 1.58. The van der Waals surface area contributed by atoms with E-state index in [1.54, 1.807) is 0 Å². The Bertz CT molecular complexity index is 138. The van der Waals surface area contributed by atoms with E-state index in [4.69, 9.17) is 0 Å². The predicted molar refractivity (Wildman–Crippen MR) is 40.6 cm³/mol. The van der Waals surface area contributed by atoms with Crippen LogP contribution in [0.4, 0.5) is 0 Å². The summed E-state index contributed by atoms with van der Waals surface area (Å²) in [5.41, 5.74) is 1.29. The molecular formula is C6H7BNa. The second kappa shape index (κ2) is 4.19. The van der Waals surface area contributed by atoms with E-state index < -0.39 is 0 Å². The van der Waals surface area contributed by atoms with Crippen molar-refractivity contribution in [2.75, 3.05) is 0 Å². The van der Waals surface area contributed by atoms with Crippen LogP contribution in [0.1, 0.15) is 0 Å². The first-order valence-corrected chi connectivity index (χ1v) is 2.32. The van der Waals surface area contributed by atoms with Crippen LogP contribution in [0.15, 0.2) is 24.3 Å². The Morgan fingerprint density at radius 3 is 2.00 bits per heavy atom. The molecule has 0 amide bonds. The molecule has 0 nitrogen and oxygen atoms in total. The molecule has 0 atom stereocenters. The van der Waals surface area contributed by atoms with Crippen molar-refractivity contribution in [1.82, 2.24) is 0 Å². The second-order valence-corrected chi connectivity index (χ2v) is 1.58. The van der Waals surface area contributed by atoms with Gasteiger partial charge in [0.2, 0.25) is 0 Å². The van der Waals surface area contributed by atoms with Gasteiger partial charge in [-0.15, -0.1) is 0 Å². The molecule has 0 saturated heterocycles. The molecule has 0 heterocycles. The summed E-state index contributed by atoms with van der Waals surface area (Å²) in [6.45, 7) is 0. The fourth-order valence-electron chi connectivity index (χ4n) is 0.470. The van der Waals surface area contributed by atoms with Crippen LogP contribution in [0.5, 0.6) is 0 Å². The van der Waals surface area contributed by atoms with Crippen molar-refractivity contribution in [1.29, 1.82) is 0 Å². The summed E-state index contributed by atoms with van der Waals surface area (Å²) in [6, 6.07) is 10.8. The van der Waals surface area contributed by atoms with Gasteiger partial charge in [-0.2, -0.15) is 0 Å². The molecule has 2 heteroatoms. The minimum atomic E-state index is 0. The van der Waals surface area contributed by atoms with E-state index in [-0.39, 0.29) is 29.6 Å². The Kier molecular flexibility index (Phi) is 4.34. The first kappa shape index (κ1) is 8.28. The molecule has 0 N–H and O–H groups in total. The van der Waals surface area contributed by atoms with Crippen molar-refractivity contribution in [2.45, 2.75) is 0 Å². The van der Waals surface area contributed by atoms with Gasteiger partial charge in [-0.05, 0) is 6.07 Å². The van der Waals surface area contributed by atoms with Crippen LogP contribution in [-0.2, 0) is 0 Å². The van der Waals surface area contributed by atoms with Crippen LogP contribution in [-0.4, -0.2) is 37.4 Å². The molecule has 0 saturated carbocycles. The van der Waals surface area contributed by atoms with Crippen LogP contribution < -0.4 is 5.46 Å². The van der Waals surface area contributed by atoms with Gasteiger partial charge in [0.15, 0.2) is 0 Å². The van der Waals surface area contributed by atoms with E-state index >= 15 is 0 Å². The van der Waals surface area contributed by atoms with Crippen molar-refractivity contribution >= 4 is 42.9 Å². The number of hydrogen-bond donors (Lipinski definition) is 0. The molecule has 0 aliphatic rings. The van der Waals surface area contributed by atoms with E-state index in [0.29, 0.717) is 0 Å². The summed E-state index contributed by atoms with van der Waals surface area (Å²) in [5, 5.41) is 0. The van der Waals surface area contributed by atoms with Gasteiger partial charge in [0, 0.05) is 0 Å². The van der Waals surface area contributed by atoms with Gasteiger partial charge in [0.05, 0.1) is 0 Å². The van der Waals surface area contributed by atoms with Crippen molar-refractivity contribution in [3.05, 3.63) is 30.3 Å². The third-order valence-corrected chi connectivity index (χ3v) is 0.885. The van der Waals surface area contributed by atoms with Crippen LogP contribution >= 0.6 is 0 Å². The fraction of sp³-hybridized carbons (Fsp3) is 0. The van der Waals surface area contributed by atoms with Gasteiger partial charge in [-0.25, -0.2) is 0 Å². The van der Waals surface area contributed by atoms with Gasteiger partial charge in [0.25, 0.3) is 0 Å². The average molecular weight is 113 g/mol. The standard InChI is InChI=1S/C6H6B.Na.H/c7-6-4-2-1-3-5-6;;/h2-5H,7H2;;. The van der Waals surface area contributed by atoms with Crippen molar-refractivity contribution in [2.24, 2.45) is 0 Å². The average Bonchev–Trinajstić information content (AvgIpc) is 1.69. The molecule has 0 fully saturated rings. The van der Waals surface area contributed by atoms with Gasteiger partial charge in [-0.3, -0.25) is 0 Å². The zero-order chi connectivity index (χ0) is 5.11. The molecule has 1 radical (unpaired) electrons. The summed E-state index contributed by atoms with van der Waals surface area (Å²) in [7, 11) is 2.06. The van der Waals surface area contributed by atoms with E-state index in [9.17, 15) is 0 Å². The van der Waals surface area contributed by atoms with Crippen molar-refractivity contribution < 1.29 is 0 Å². The molecule has 1 aromatic carbocycles. The van der Waals surface area contributed by atoms with E-state index in [1.807, 2.05) is 24.3 Å². The van der Waals surface area contributed by atoms with Crippen LogP contribution in [0.25, 0.3) is 0 Å². The van der Waals surface area contributed by atoms with Crippen molar-refractivity contribution in [3.63, 3.8) is 0 Å². The third-order valence-electron chi connectivity index (χ3n) is 0.885. The zero-order valence-electron chi connectivity index (χ0n) is 4.31. The molecule has 35 valence electrons. The summed E-state index contributed by atoms with van der Waals surface area (Å²) >= 11 is 0. The molecule has 1 rings (SSSR count). The Hall–Kier alpha value is 0.285. The summed E-state index contributed by atoms with van der Waals surface area (Å²) in [5.74, 6) is 0. The zero-order valence-corrected chi connectivity index (χ0v) is 4.31. The summed E-state index contributed by atoms with van der Waals surface area (Å²) < 4.78 is 0. The monoisotopic (exact) mass is 113 g/mol.